The standard InChI is InChI=1S/C13H19BrN2O/c1-3-10(2)15-9-8-13(17)16-12-6-4-11(14)5-7-12/h4-7,10,15H,3,8-9H2,1-2H3,(H,16,17). The first-order chi connectivity index (χ1) is 8.11. The van der Waals surface area contributed by atoms with Gasteiger partial charge < -0.3 is 10.6 Å². The Labute approximate surface area is 111 Å². The van der Waals surface area contributed by atoms with Crippen LogP contribution < -0.4 is 10.6 Å². The van der Waals surface area contributed by atoms with Crippen LogP contribution in [0.3, 0.4) is 0 Å². The van der Waals surface area contributed by atoms with Crippen molar-refractivity contribution in [3.05, 3.63) is 28.7 Å². The number of nitrogens with one attached hydrogen (secondary N) is 2. The summed E-state index contributed by atoms with van der Waals surface area (Å²) in [5, 5.41) is 6.15. The Kier molecular flexibility index (Phi) is 6.22. The van der Waals surface area contributed by atoms with Crippen LogP contribution in [0.15, 0.2) is 28.7 Å². The molecule has 1 aromatic rings. The fourth-order valence-corrected chi connectivity index (χ4v) is 1.60. The smallest absolute Gasteiger partial charge is 0.225 e. The van der Waals surface area contributed by atoms with Crippen molar-refractivity contribution in [1.29, 1.82) is 0 Å². The predicted molar refractivity (Wildman–Crippen MR) is 75.1 cm³/mol. The van der Waals surface area contributed by atoms with E-state index in [2.05, 4.69) is 40.4 Å². The van der Waals surface area contributed by atoms with Crippen molar-refractivity contribution in [2.75, 3.05) is 11.9 Å². The highest BCUT2D eigenvalue weighted by atomic mass is 79.9. The van der Waals surface area contributed by atoms with Gasteiger partial charge in [-0.1, -0.05) is 22.9 Å². The number of hydrogen-bond acceptors (Lipinski definition) is 2. The van der Waals surface area contributed by atoms with Gasteiger partial charge in [0.05, 0.1) is 0 Å². The second-order valence-electron chi connectivity index (χ2n) is 4.07. The van der Waals surface area contributed by atoms with Crippen molar-refractivity contribution in [1.82, 2.24) is 5.32 Å². The number of benzene rings is 1. The molecule has 3 nitrogen and oxygen atoms in total. The third-order valence-electron chi connectivity index (χ3n) is 2.59. The van der Waals surface area contributed by atoms with Gasteiger partial charge in [-0.3, -0.25) is 4.79 Å². The molecule has 17 heavy (non-hydrogen) atoms. The average molecular weight is 299 g/mol. The van der Waals surface area contributed by atoms with E-state index in [1.54, 1.807) is 0 Å². The molecule has 0 spiro atoms. The van der Waals surface area contributed by atoms with Crippen LogP contribution >= 0.6 is 15.9 Å². The van der Waals surface area contributed by atoms with Crippen molar-refractivity contribution >= 4 is 27.5 Å². The van der Waals surface area contributed by atoms with Gasteiger partial charge in [0.2, 0.25) is 5.91 Å². The number of carbonyl (C=O) groups is 1. The van der Waals surface area contributed by atoms with Crippen molar-refractivity contribution in [2.45, 2.75) is 32.7 Å². The van der Waals surface area contributed by atoms with E-state index in [0.717, 1.165) is 23.1 Å². The molecule has 1 atom stereocenters. The van der Waals surface area contributed by atoms with E-state index in [9.17, 15) is 4.79 Å². The molecule has 0 fully saturated rings. The molecule has 0 aliphatic heterocycles. The quantitative estimate of drug-likeness (QED) is 0.847. The molecule has 0 saturated carbocycles. The zero-order valence-corrected chi connectivity index (χ0v) is 11.9. The summed E-state index contributed by atoms with van der Waals surface area (Å²) in [6, 6.07) is 8.05. The molecule has 0 saturated heterocycles. The number of carbonyl (C=O) groups excluding carboxylic acids is 1. The van der Waals surface area contributed by atoms with Crippen LogP contribution in [-0.4, -0.2) is 18.5 Å². The Morgan fingerprint density at radius 1 is 1.35 bits per heavy atom. The summed E-state index contributed by atoms with van der Waals surface area (Å²) in [6.45, 7) is 4.96. The molecular formula is C13H19BrN2O. The Balaban J connectivity index is 2.27. The SMILES string of the molecule is CCC(C)NCCC(=O)Nc1ccc(Br)cc1. The Morgan fingerprint density at radius 3 is 2.59 bits per heavy atom. The van der Waals surface area contributed by atoms with Crippen molar-refractivity contribution in [2.24, 2.45) is 0 Å². The van der Waals surface area contributed by atoms with E-state index in [4.69, 9.17) is 0 Å². The van der Waals surface area contributed by atoms with Crippen LogP contribution in [0, 0.1) is 0 Å². The van der Waals surface area contributed by atoms with Crippen molar-refractivity contribution in [3.63, 3.8) is 0 Å². The second-order valence-corrected chi connectivity index (χ2v) is 4.98. The van der Waals surface area contributed by atoms with Crippen molar-refractivity contribution < 1.29 is 4.79 Å². The fraction of sp³-hybridized carbons (Fsp3) is 0.462. The molecule has 4 heteroatoms. The highest BCUT2D eigenvalue weighted by Crippen LogP contribution is 2.14. The molecule has 0 aromatic heterocycles. The van der Waals surface area contributed by atoms with Gasteiger partial charge in [0.15, 0.2) is 0 Å². The van der Waals surface area contributed by atoms with Crippen LogP contribution in [0.5, 0.6) is 0 Å². The maximum Gasteiger partial charge on any atom is 0.225 e. The molecule has 0 bridgehead atoms. The van der Waals surface area contributed by atoms with E-state index < -0.39 is 0 Å². The maximum absolute atomic E-state index is 11.6. The minimum atomic E-state index is 0.0446. The molecule has 0 aliphatic carbocycles. The molecule has 0 heterocycles. The Morgan fingerprint density at radius 2 is 2.00 bits per heavy atom. The van der Waals surface area contributed by atoms with Gasteiger partial charge in [0.25, 0.3) is 0 Å². The lowest BCUT2D eigenvalue weighted by molar-refractivity contribution is -0.116. The molecular weight excluding hydrogens is 280 g/mol. The van der Waals surface area contributed by atoms with Gasteiger partial charge in [-0.05, 0) is 37.6 Å². The zero-order chi connectivity index (χ0) is 12.7. The summed E-state index contributed by atoms with van der Waals surface area (Å²) in [7, 11) is 0. The number of halogens is 1. The topological polar surface area (TPSA) is 41.1 Å². The number of hydrogen-bond donors (Lipinski definition) is 2. The zero-order valence-electron chi connectivity index (χ0n) is 10.3. The van der Waals surface area contributed by atoms with E-state index in [1.165, 1.54) is 0 Å². The lowest BCUT2D eigenvalue weighted by Gasteiger charge is -2.11. The second kappa shape index (κ2) is 7.45. The lowest BCUT2D eigenvalue weighted by Crippen LogP contribution is -2.28. The summed E-state index contributed by atoms with van der Waals surface area (Å²) >= 11 is 3.35. The highest BCUT2D eigenvalue weighted by Gasteiger charge is 2.03. The van der Waals surface area contributed by atoms with E-state index in [-0.39, 0.29) is 5.91 Å². The molecule has 1 aromatic carbocycles. The summed E-state index contributed by atoms with van der Waals surface area (Å²) in [4.78, 5) is 11.6. The first-order valence-corrected chi connectivity index (χ1v) is 6.70. The normalized spacial score (nSPS) is 12.2. The van der Waals surface area contributed by atoms with Crippen molar-refractivity contribution in [3.8, 4) is 0 Å². The van der Waals surface area contributed by atoms with Gasteiger partial charge in [0.1, 0.15) is 0 Å². The summed E-state index contributed by atoms with van der Waals surface area (Å²) in [6.07, 6.45) is 1.58. The molecule has 0 aliphatic rings. The predicted octanol–water partition coefficient (Wildman–Crippen LogP) is 3.17. The first-order valence-electron chi connectivity index (χ1n) is 5.90. The minimum absolute atomic E-state index is 0.0446. The van der Waals surface area contributed by atoms with Gasteiger partial charge in [-0.2, -0.15) is 0 Å². The fourth-order valence-electron chi connectivity index (χ4n) is 1.33. The Bertz CT molecular complexity index is 351. The van der Waals surface area contributed by atoms with E-state index >= 15 is 0 Å². The van der Waals surface area contributed by atoms with E-state index in [0.29, 0.717) is 12.5 Å². The van der Waals surface area contributed by atoms with Gasteiger partial charge >= 0.3 is 0 Å². The van der Waals surface area contributed by atoms with Crippen LogP contribution in [-0.2, 0) is 4.79 Å². The number of rotatable bonds is 6. The highest BCUT2D eigenvalue weighted by molar-refractivity contribution is 9.10. The summed E-state index contributed by atoms with van der Waals surface area (Å²) < 4.78 is 1.01. The monoisotopic (exact) mass is 298 g/mol. The third kappa shape index (κ3) is 5.84. The van der Waals surface area contributed by atoms with Crippen LogP contribution in [0.25, 0.3) is 0 Å². The molecule has 94 valence electrons. The molecule has 1 amide bonds. The minimum Gasteiger partial charge on any atom is -0.326 e. The first kappa shape index (κ1) is 14.2. The van der Waals surface area contributed by atoms with Crippen LogP contribution in [0.4, 0.5) is 5.69 Å². The number of anilines is 1. The van der Waals surface area contributed by atoms with E-state index in [1.807, 2.05) is 24.3 Å². The third-order valence-corrected chi connectivity index (χ3v) is 3.11. The van der Waals surface area contributed by atoms with Crippen LogP contribution in [0.2, 0.25) is 0 Å². The number of amides is 1. The Hall–Kier alpha value is -0.870. The van der Waals surface area contributed by atoms with Crippen LogP contribution in [0.1, 0.15) is 26.7 Å². The summed E-state index contributed by atoms with van der Waals surface area (Å²) in [5.41, 5.74) is 0.835. The molecule has 0 radical (unpaired) electrons. The maximum atomic E-state index is 11.6. The molecule has 1 unspecified atom stereocenters. The largest absolute Gasteiger partial charge is 0.326 e. The molecule has 2 N–H and O–H groups in total. The summed E-state index contributed by atoms with van der Waals surface area (Å²) in [5.74, 6) is 0.0446. The molecule has 1 rings (SSSR count). The van der Waals surface area contributed by atoms with Gasteiger partial charge in [-0.15, -0.1) is 0 Å². The average Bonchev–Trinajstić information content (AvgIpc) is 2.32. The van der Waals surface area contributed by atoms with Gasteiger partial charge in [0, 0.05) is 29.2 Å². The van der Waals surface area contributed by atoms with Gasteiger partial charge in [-0.25, -0.2) is 0 Å². The lowest BCUT2D eigenvalue weighted by atomic mass is 10.2.